The molecule has 188 valence electrons. The number of aliphatic hydroxyl groups is 1. The van der Waals surface area contributed by atoms with Crippen LogP contribution in [0.5, 0.6) is 0 Å². The molecule has 0 radical (unpaired) electrons. The van der Waals surface area contributed by atoms with Gasteiger partial charge in [0, 0.05) is 38.4 Å². The maximum absolute atomic E-state index is 12.8. The second-order valence-electron chi connectivity index (χ2n) is 9.69. The van der Waals surface area contributed by atoms with Crippen LogP contribution in [-0.2, 0) is 4.79 Å². The molecule has 2 N–H and O–H groups in total. The van der Waals surface area contributed by atoms with Gasteiger partial charge in [0.05, 0.1) is 23.0 Å². The molecule has 8 nitrogen and oxygen atoms in total. The monoisotopic (exact) mass is 486 g/mol. The first-order valence-corrected chi connectivity index (χ1v) is 12.6. The number of nitriles is 1. The number of anilines is 3. The van der Waals surface area contributed by atoms with Gasteiger partial charge in [-0.15, -0.1) is 0 Å². The highest BCUT2D eigenvalue weighted by Gasteiger charge is 2.35. The fourth-order valence-electron chi connectivity index (χ4n) is 4.59. The zero-order valence-electron chi connectivity index (χ0n) is 21.0. The normalized spacial score (nSPS) is 17.9. The molecule has 1 saturated carbocycles. The molecule has 3 heterocycles. The van der Waals surface area contributed by atoms with Gasteiger partial charge < -0.3 is 20.2 Å². The summed E-state index contributed by atoms with van der Waals surface area (Å²) in [5.74, 6) is 1.94. The van der Waals surface area contributed by atoms with Crippen LogP contribution in [0.3, 0.4) is 0 Å². The molecule has 4 rings (SSSR count). The van der Waals surface area contributed by atoms with Crippen LogP contribution >= 0.6 is 0 Å². The van der Waals surface area contributed by atoms with Gasteiger partial charge in [-0.3, -0.25) is 4.79 Å². The Morgan fingerprint density at radius 2 is 2.17 bits per heavy atom. The first-order valence-electron chi connectivity index (χ1n) is 12.6. The largest absolute Gasteiger partial charge is 0.396 e. The summed E-state index contributed by atoms with van der Waals surface area (Å²) >= 11 is 0. The van der Waals surface area contributed by atoms with Crippen LogP contribution in [0, 0.1) is 17.2 Å². The molecule has 1 aliphatic heterocycles. The third kappa shape index (κ3) is 5.74. The molecule has 2 aromatic heterocycles. The number of pyridine rings is 2. The van der Waals surface area contributed by atoms with Gasteiger partial charge in [0.2, 0.25) is 5.91 Å². The van der Waals surface area contributed by atoms with Crippen molar-refractivity contribution in [1.29, 1.82) is 5.26 Å². The van der Waals surface area contributed by atoms with E-state index in [1.807, 2.05) is 23.1 Å². The van der Waals surface area contributed by atoms with Crippen molar-refractivity contribution in [2.45, 2.75) is 45.1 Å². The van der Waals surface area contributed by atoms with E-state index in [1.54, 1.807) is 24.4 Å². The summed E-state index contributed by atoms with van der Waals surface area (Å²) in [6.07, 6.45) is 9.39. The molecule has 2 aromatic rings. The summed E-state index contributed by atoms with van der Waals surface area (Å²) < 4.78 is 0. The van der Waals surface area contributed by atoms with E-state index in [9.17, 15) is 10.1 Å². The maximum Gasteiger partial charge on any atom is 0.246 e. The highest BCUT2D eigenvalue weighted by Crippen LogP contribution is 2.44. The number of nitrogens with zero attached hydrogens (tertiary/aromatic N) is 5. The van der Waals surface area contributed by atoms with Crippen LogP contribution in [0.1, 0.15) is 55.8 Å². The lowest BCUT2D eigenvalue weighted by atomic mass is 9.98. The fourth-order valence-corrected chi connectivity index (χ4v) is 4.59. The predicted octanol–water partition coefficient (Wildman–Crippen LogP) is 4.22. The summed E-state index contributed by atoms with van der Waals surface area (Å²) in [4.78, 5) is 26.3. The van der Waals surface area contributed by atoms with Gasteiger partial charge in [-0.1, -0.05) is 32.6 Å². The van der Waals surface area contributed by atoms with Crippen LogP contribution < -0.4 is 10.2 Å². The van der Waals surface area contributed by atoms with Crippen molar-refractivity contribution in [2.75, 3.05) is 36.5 Å². The fraction of sp³-hybridized carbons (Fsp3) is 0.429. The van der Waals surface area contributed by atoms with Gasteiger partial charge in [0.25, 0.3) is 0 Å². The van der Waals surface area contributed by atoms with E-state index in [-0.39, 0.29) is 24.5 Å². The molecule has 1 amide bonds. The summed E-state index contributed by atoms with van der Waals surface area (Å²) in [6, 6.07) is 8.03. The Bertz CT molecular complexity index is 1180. The second-order valence-corrected chi connectivity index (χ2v) is 9.69. The third-order valence-electron chi connectivity index (χ3n) is 6.73. The summed E-state index contributed by atoms with van der Waals surface area (Å²) in [7, 11) is 0. The summed E-state index contributed by atoms with van der Waals surface area (Å²) in [6.45, 7) is 9.83. The highest BCUT2D eigenvalue weighted by molar-refractivity contribution is 5.88. The second kappa shape index (κ2) is 11.4. The molecular formula is C28H34N6O2. The van der Waals surface area contributed by atoms with Crippen molar-refractivity contribution in [3.63, 3.8) is 0 Å². The van der Waals surface area contributed by atoms with E-state index < -0.39 is 0 Å². The molecular weight excluding hydrogens is 452 g/mol. The van der Waals surface area contributed by atoms with Gasteiger partial charge in [0.15, 0.2) is 0 Å². The van der Waals surface area contributed by atoms with Gasteiger partial charge in [-0.25, -0.2) is 9.97 Å². The Labute approximate surface area is 213 Å². The average Bonchev–Trinajstić information content (AvgIpc) is 3.73. The summed E-state index contributed by atoms with van der Waals surface area (Å²) in [5, 5.41) is 22.4. The quantitative estimate of drug-likeness (QED) is 0.511. The van der Waals surface area contributed by atoms with Crippen LogP contribution in [0.2, 0.25) is 0 Å². The number of aromatic nitrogens is 2. The third-order valence-corrected chi connectivity index (χ3v) is 6.73. The Balaban J connectivity index is 1.62. The minimum absolute atomic E-state index is 0.00797. The first kappa shape index (κ1) is 25.4. The van der Waals surface area contributed by atoms with E-state index in [4.69, 9.17) is 10.1 Å². The average molecular weight is 487 g/mol. The minimum atomic E-state index is -0.0391. The van der Waals surface area contributed by atoms with Crippen LogP contribution in [0.15, 0.2) is 43.1 Å². The standard InChI is InChI=1S/C28H34N6O2/c1-4-20-10-11-30-25(15-20)31-23-16-22(17-29)28(32-27(23)21-8-9-21)33-12-13-34(24(18-33)19(2)3)26(36)7-5-6-14-35/h4-5,7,10-11,15-16,19,21,24,35H,1,6,8-9,12-14,18H2,2-3H3,(H,30,31)/b7-5+. The molecule has 2 aliphatic rings. The number of piperazine rings is 1. The highest BCUT2D eigenvalue weighted by atomic mass is 16.2. The molecule has 2 fully saturated rings. The van der Waals surface area contributed by atoms with E-state index in [2.05, 4.69) is 41.7 Å². The molecule has 1 aliphatic carbocycles. The van der Waals surface area contributed by atoms with Crippen LogP contribution in [0.25, 0.3) is 6.08 Å². The number of carbonyl (C=O) groups is 1. The lowest BCUT2D eigenvalue weighted by Crippen LogP contribution is -2.57. The zero-order valence-corrected chi connectivity index (χ0v) is 21.0. The van der Waals surface area contributed by atoms with Crippen molar-refractivity contribution in [3.8, 4) is 6.07 Å². The van der Waals surface area contributed by atoms with Gasteiger partial charge in [0.1, 0.15) is 17.7 Å². The zero-order chi connectivity index (χ0) is 25.7. The smallest absolute Gasteiger partial charge is 0.246 e. The van der Waals surface area contributed by atoms with Crippen molar-refractivity contribution < 1.29 is 9.90 Å². The maximum atomic E-state index is 12.8. The van der Waals surface area contributed by atoms with Gasteiger partial charge in [-0.2, -0.15) is 5.26 Å². The van der Waals surface area contributed by atoms with Gasteiger partial charge in [-0.05, 0) is 55.0 Å². The number of rotatable bonds is 9. The molecule has 1 unspecified atom stereocenters. The van der Waals surface area contributed by atoms with Crippen molar-refractivity contribution in [2.24, 2.45) is 5.92 Å². The molecule has 0 bridgehead atoms. The molecule has 1 saturated heterocycles. The minimum Gasteiger partial charge on any atom is -0.396 e. The topological polar surface area (TPSA) is 105 Å². The molecule has 1 atom stereocenters. The van der Waals surface area contributed by atoms with Crippen LogP contribution in [0.4, 0.5) is 17.3 Å². The Kier molecular flexibility index (Phi) is 8.01. The SMILES string of the molecule is C=Cc1ccnc(Nc2cc(C#N)c(N3CCN(C(=O)/C=C/CCO)C(C(C)C)C3)nc2C2CC2)c1. The Morgan fingerprint density at radius 1 is 1.36 bits per heavy atom. The van der Waals surface area contributed by atoms with E-state index in [0.29, 0.717) is 49.2 Å². The Morgan fingerprint density at radius 3 is 2.83 bits per heavy atom. The molecule has 36 heavy (non-hydrogen) atoms. The molecule has 0 aromatic carbocycles. The first-order chi connectivity index (χ1) is 17.4. The number of hydrogen-bond donors (Lipinski definition) is 2. The number of carbonyl (C=O) groups excluding carboxylic acids is 1. The lowest BCUT2D eigenvalue weighted by Gasteiger charge is -2.43. The number of nitrogens with one attached hydrogen (secondary N) is 1. The van der Waals surface area contributed by atoms with Gasteiger partial charge >= 0.3 is 0 Å². The van der Waals surface area contributed by atoms with Crippen molar-refractivity contribution in [1.82, 2.24) is 14.9 Å². The number of hydrogen-bond acceptors (Lipinski definition) is 7. The summed E-state index contributed by atoms with van der Waals surface area (Å²) in [5.41, 5.74) is 3.24. The van der Waals surface area contributed by atoms with E-state index >= 15 is 0 Å². The Hall–Kier alpha value is -3.70. The number of amides is 1. The van der Waals surface area contributed by atoms with E-state index in [1.165, 1.54) is 0 Å². The lowest BCUT2D eigenvalue weighted by molar-refractivity contribution is -0.129. The molecule has 8 heteroatoms. The van der Waals surface area contributed by atoms with E-state index in [0.717, 1.165) is 29.8 Å². The predicted molar refractivity (Wildman–Crippen MR) is 142 cm³/mol. The van der Waals surface area contributed by atoms with Crippen molar-refractivity contribution >= 4 is 29.3 Å². The molecule has 0 spiro atoms. The van der Waals surface area contributed by atoms with Crippen molar-refractivity contribution in [3.05, 3.63) is 59.9 Å². The number of aliphatic hydroxyl groups excluding tert-OH is 1. The van der Waals surface area contributed by atoms with Crippen LogP contribution in [-0.4, -0.2) is 58.2 Å².